The van der Waals surface area contributed by atoms with Crippen LogP contribution >= 0.6 is 12.6 Å². The van der Waals surface area contributed by atoms with E-state index in [1.165, 1.54) is 12.1 Å². The lowest BCUT2D eigenvalue weighted by Gasteiger charge is -2.25. The van der Waals surface area contributed by atoms with Crippen LogP contribution in [-0.4, -0.2) is 63.8 Å². The minimum Gasteiger partial charge on any atom is -0.508 e. The van der Waals surface area contributed by atoms with Gasteiger partial charge >= 0.3 is 5.97 Å². The van der Waals surface area contributed by atoms with Gasteiger partial charge in [-0.2, -0.15) is 12.6 Å². The zero-order chi connectivity index (χ0) is 26.0. The van der Waals surface area contributed by atoms with Crippen molar-refractivity contribution in [2.24, 2.45) is 17.6 Å². The van der Waals surface area contributed by atoms with Crippen molar-refractivity contribution in [1.29, 1.82) is 0 Å². The minimum absolute atomic E-state index is 0.0143. The molecule has 0 aliphatic heterocycles. The third-order valence-corrected chi connectivity index (χ3v) is 5.53. The first-order valence-corrected chi connectivity index (χ1v) is 11.8. The summed E-state index contributed by atoms with van der Waals surface area (Å²) in [5.41, 5.74) is 6.47. The quantitative estimate of drug-likeness (QED) is 0.194. The number of phenolic OH excluding ortho intramolecular Hbond substituents is 1. The number of rotatable bonds is 13. The molecule has 11 heteroatoms. The summed E-state index contributed by atoms with van der Waals surface area (Å²) in [6.07, 6.45) is 0.244. The van der Waals surface area contributed by atoms with Gasteiger partial charge in [-0.25, -0.2) is 4.79 Å². The Morgan fingerprint density at radius 3 is 1.85 bits per heavy atom. The van der Waals surface area contributed by atoms with E-state index in [4.69, 9.17) is 5.73 Å². The summed E-state index contributed by atoms with van der Waals surface area (Å²) in [7, 11) is 0. The predicted octanol–water partition coefficient (Wildman–Crippen LogP) is 0.433. The molecule has 0 saturated carbocycles. The highest BCUT2D eigenvalue weighted by Crippen LogP contribution is 2.13. The van der Waals surface area contributed by atoms with E-state index in [2.05, 4.69) is 28.6 Å². The van der Waals surface area contributed by atoms with Crippen molar-refractivity contribution in [3.05, 3.63) is 29.8 Å². The Hall–Kier alpha value is -2.79. The first kappa shape index (κ1) is 29.2. The predicted molar refractivity (Wildman–Crippen MR) is 131 cm³/mol. The monoisotopic (exact) mass is 496 g/mol. The maximum Gasteiger partial charge on any atom is 0.326 e. The van der Waals surface area contributed by atoms with Crippen LogP contribution in [0, 0.1) is 11.8 Å². The van der Waals surface area contributed by atoms with Gasteiger partial charge in [0.25, 0.3) is 0 Å². The van der Waals surface area contributed by atoms with Crippen molar-refractivity contribution >= 4 is 36.3 Å². The van der Waals surface area contributed by atoms with Crippen molar-refractivity contribution in [3.8, 4) is 5.75 Å². The molecule has 4 atom stereocenters. The number of nitrogens with two attached hydrogens (primary N) is 1. The number of hydrogen-bond donors (Lipinski definition) is 7. The molecule has 10 nitrogen and oxygen atoms in total. The zero-order valence-electron chi connectivity index (χ0n) is 19.9. The highest BCUT2D eigenvalue weighted by molar-refractivity contribution is 7.80. The second-order valence-electron chi connectivity index (χ2n) is 8.97. The van der Waals surface area contributed by atoms with Crippen molar-refractivity contribution in [3.63, 3.8) is 0 Å². The first-order valence-electron chi connectivity index (χ1n) is 11.1. The Balaban J connectivity index is 3.07. The fraction of sp³-hybridized carbons (Fsp3) is 0.565. The van der Waals surface area contributed by atoms with Crippen LogP contribution in [0.2, 0.25) is 0 Å². The third kappa shape index (κ3) is 9.60. The number of phenols is 1. The van der Waals surface area contributed by atoms with Gasteiger partial charge in [-0.1, -0.05) is 39.8 Å². The standard InChI is InChI=1S/C23H36N4O6S/c1-12(2)9-17(23(32)33)26-20(29)16(10-14-5-7-15(28)8-6-14)25-21(30)18(11-34)27-22(31)19(24)13(3)4/h5-8,12-13,16-19,28,34H,9-11,24H2,1-4H3,(H,25,30)(H,26,29)(H,27,31)(H,32,33). The number of thiol groups is 1. The number of carbonyl (C=O) groups excluding carboxylic acids is 3. The summed E-state index contributed by atoms with van der Waals surface area (Å²) in [5.74, 6) is -3.18. The van der Waals surface area contributed by atoms with Crippen molar-refractivity contribution in [2.45, 2.75) is 64.7 Å². The van der Waals surface area contributed by atoms with Gasteiger partial charge in [0.15, 0.2) is 0 Å². The molecule has 3 amide bonds. The Bertz CT molecular complexity index is 846. The Morgan fingerprint density at radius 1 is 0.882 bits per heavy atom. The summed E-state index contributed by atoms with van der Waals surface area (Å²) in [4.78, 5) is 49.8. The molecule has 0 saturated heterocycles. The maximum absolute atomic E-state index is 13.0. The van der Waals surface area contributed by atoms with Gasteiger partial charge in [-0.3, -0.25) is 14.4 Å². The van der Waals surface area contributed by atoms with E-state index in [0.29, 0.717) is 5.56 Å². The smallest absolute Gasteiger partial charge is 0.326 e. The molecule has 7 N–H and O–H groups in total. The molecule has 1 aromatic carbocycles. The van der Waals surface area contributed by atoms with Gasteiger partial charge in [-0.05, 0) is 36.0 Å². The highest BCUT2D eigenvalue weighted by Gasteiger charge is 2.30. The fourth-order valence-electron chi connectivity index (χ4n) is 3.08. The molecule has 0 spiro atoms. The van der Waals surface area contributed by atoms with E-state index in [1.807, 2.05) is 13.8 Å². The molecule has 0 fully saturated rings. The zero-order valence-corrected chi connectivity index (χ0v) is 20.8. The van der Waals surface area contributed by atoms with Gasteiger partial charge in [-0.15, -0.1) is 0 Å². The Morgan fingerprint density at radius 2 is 1.38 bits per heavy atom. The van der Waals surface area contributed by atoms with Crippen LogP contribution in [0.15, 0.2) is 24.3 Å². The summed E-state index contributed by atoms with van der Waals surface area (Å²) in [5, 5.41) is 26.6. The summed E-state index contributed by atoms with van der Waals surface area (Å²) in [6, 6.07) is 1.92. The number of carboxylic acid groups (broad SMARTS) is 1. The van der Waals surface area contributed by atoms with Gasteiger partial charge < -0.3 is 31.9 Å². The van der Waals surface area contributed by atoms with E-state index in [9.17, 15) is 29.4 Å². The number of hydrogen-bond acceptors (Lipinski definition) is 7. The number of carboxylic acids is 1. The molecule has 0 aromatic heterocycles. The Kier molecular flexibility index (Phi) is 11.9. The van der Waals surface area contributed by atoms with Crippen LogP contribution in [0.5, 0.6) is 5.75 Å². The topological polar surface area (TPSA) is 171 Å². The molecule has 0 aliphatic rings. The SMILES string of the molecule is CC(C)CC(NC(=O)C(Cc1ccc(O)cc1)NC(=O)C(CS)NC(=O)C(N)C(C)C)C(=O)O. The number of aromatic hydroxyl groups is 1. The number of carbonyl (C=O) groups is 4. The van der Waals surface area contributed by atoms with Gasteiger partial charge in [0.05, 0.1) is 6.04 Å². The molecular formula is C23H36N4O6S. The summed E-state index contributed by atoms with van der Waals surface area (Å²) in [6.45, 7) is 7.21. The maximum atomic E-state index is 13.0. The van der Waals surface area contributed by atoms with E-state index >= 15 is 0 Å². The van der Waals surface area contributed by atoms with Crippen molar-refractivity contribution < 1.29 is 29.4 Å². The second-order valence-corrected chi connectivity index (χ2v) is 9.34. The number of aliphatic carboxylic acids is 1. The molecule has 190 valence electrons. The van der Waals surface area contributed by atoms with Crippen LogP contribution in [-0.2, 0) is 25.6 Å². The molecule has 0 aliphatic carbocycles. The van der Waals surface area contributed by atoms with E-state index in [-0.39, 0.29) is 36.2 Å². The van der Waals surface area contributed by atoms with Gasteiger partial charge in [0.2, 0.25) is 17.7 Å². The molecule has 34 heavy (non-hydrogen) atoms. The summed E-state index contributed by atoms with van der Waals surface area (Å²) >= 11 is 4.13. The van der Waals surface area contributed by atoms with E-state index < -0.39 is 47.9 Å². The average Bonchev–Trinajstić information content (AvgIpc) is 2.76. The minimum atomic E-state index is -1.18. The lowest BCUT2D eigenvalue weighted by atomic mass is 10.0. The Labute approximate surface area is 205 Å². The lowest BCUT2D eigenvalue weighted by Crippen LogP contribution is -2.58. The van der Waals surface area contributed by atoms with E-state index in [1.54, 1.807) is 26.0 Å². The van der Waals surface area contributed by atoms with Crippen LogP contribution in [0.4, 0.5) is 0 Å². The largest absolute Gasteiger partial charge is 0.508 e. The van der Waals surface area contributed by atoms with Crippen molar-refractivity contribution in [1.82, 2.24) is 16.0 Å². The molecule has 0 heterocycles. The van der Waals surface area contributed by atoms with E-state index in [0.717, 1.165) is 0 Å². The molecule has 1 rings (SSSR count). The van der Waals surface area contributed by atoms with Crippen LogP contribution < -0.4 is 21.7 Å². The molecule has 0 radical (unpaired) electrons. The molecule has 0 bridgehead atoms. The van der Waals surface area contributed by atoms with Crippen LogP contribution in [0.25, 0.3) is 0 Å². The van der Waals surface area contributed by atoms with Gasteiger partial charge in [0.1, 0.15) is 23.9 Å². The fourth-order valence-corrected chi connectivity index (χ4v) is 3.34. The number of benzene rings is 1. The lowest BCUT2D eigenvalue weighted by molar-refractivity contribution is -0.142. The number of nitrogens with one attached hydrogen (secondary N) is 3. The highest BCUT2D eigenvalue weighted by atomic mass is 32.1. The second kappa shape index (κ2) is 13.8. The molecule has 4 unspecified atom stereocenters. The summed E-state index contributed by atoms with van der Waals surface area (Å²) < 4.78 is 0. The first-order chi connectivity index (χ1) is 15.8. The number of amides is 3. The molecular weight excluding hydrogens is 460 g/mol. The third-order valence-electron chi connectivity index (χ3n) is 5.17. The molecule has 1 aromatic rings. The van der Waals surface area contributed by atoms with Crippen LogP contribution in [0.1, 0.15) is 39.7 Å². The van der Waals surface area contributed by atoms with Gasteiger partial charge in [0, 0.05) is 12.2 Å². The van der Waals surface area contributed by atoms with Crippen LogP contribution in [0.3, 0.4) is 0 Å². The normalized spacial score (nSPS) is 14.7. The van der Waals surface area contributed by atoms with Crippen molar-refractivity contribution in [2.75, 3.05) is 5.75 Å². The average molecular weight is 497 g/mol.